The summed E-state index contributed by atoms with van der Waals surface area (Å²) in [4.78, 5) is 13.9. The van der Waals surface area contributed by atoms with Gasteiger partial charge in [0.2, 0.25) is 18.3 Å². The molecule has 27 heavy (non-hydrogen) atoms. The van der Waals surface area contributed by atoms with Gasteiger partial charge in [0.15, 0.2) is 17.3 Å². The molecular weight excluding hydrogens is 348 g/mol. The van der Waals surface area contributed by atoms with E-state index in [2.05, 4.69) is 6.92 Å². The fraction of sp³-hybridized carbons (Fsp3) is 0.476. The Kier molecular flexibility index (Phi) is 3.13. The average Bonchev–Trinajstić information content (AvgIpc) is 3.26. The maximum absolute atomic E-state index is 13.9. The van der Waals surface area contributed by atoms with Gasteiger partial charge < -0.3 is 24.1 Å². The van der Waals surface area contributed by atoms with Crippen LogP contribution < -0.4 is 9.47 Å². The third-order valence-electron chi connectivity index (χ3n) is 7.15. The van der Waals surface area contributed by atoms with Gasteiger partial charge in [-0.3, -0.25) is 4.79 Å². The van der Waals surface area contributed by atoms with E-state index in [1.54, 1.807) is 0 Å². The number of fused-ring (bicyclic) bond motifs is 2. The van der Waals surface area contributed by atoms with Gasteiger partial charge in [-0.25, -0.2) is 0 Å². The van der Waals surface area contributed by atoms with Crippen molar-refractivity contribution < 1.29 is 28.8 Å². The van der Waals surface area contributed by atoms with Crippen molar-refractivity contribution in [3.05, 3.63) is 46.4 Å². The normalized spacial score (nSPS) is 35.6. The number of rotatable bonds is 2. The minimum atomic E-state index is -0.991. The first kappa shape index (κ1) is 16.7. The summed E-state index contributed by atoms with van der Waals surface area (Å²) in [5, 5.41) is 11.4. The zero-order chi connectivity index (χ0) is 19.1. The van der Waals surface area contributed by atoms with E-state index in [-0.39, 0.29) is 24.3 Å². The Morgan fingerprint density at radius 2 is 1.89 bits per heavy atom. The monoisotopic (exact) mass is 370 g/mol. The Morgan fingerprint density at radius 1 is 1.19 bits per heavy atom. The molecule has 1 aromatic carbocycles. The zero-order valence-corrected chi connectivity index (χ0v) is 15.8. The predicted octanol–water partition coefficient (Wildman–Crippen LogP) is 2.76. The largest absolute Gasteiger partial charge is 0.493 e. The van der Waals surface area contributed by atoms with Crippen LogP contribution in [0, 0.1) is 11.3 Å². The van der Waals surface area contributed by atoms with Crippen LogP contribution in [-0.4, -0.2) is 31.9 Å². The van der Waals surface area contributed by atoms with Crippen LogP contribution in [0.5, 0.6) is 11.5 Å². The number of Topliss-reactive ketones (excluding diaryl/α,β-unsaturated/α-hetero) is 1. The van der Waals surface area contributed by atoms with Crippen LogP contribution in [0.25, 0.3) is 0 Å². The molecule has 4 aliphatic rings. The highest BCUT2D eigenvalue weighted by molar-refractivity contribution is 6.09. The first-order chi connectivity index (χ1) is 12.9. The Morgan fingerprint density at radius 3 is 2.56 bits per heavy atom. The number of ether oxygens (including phenoxy) is 4. The first-order valence-corrected chi connectivity index (χ1v) is 9.11. The summed E-state index contributed by atoms with van der Waals surface area (Å²) in [7, 11) is 3.01. The maximum Gasteiger partial charge on any atom is 0.231 e. The van der Waals surface area contributed by atoms with Gasteiger partial charge in [-0.1, -0.05) is 13.8 Å². The van der Waals surface area contributed by atoms with Crippen LogP contribution in [-0.2, 0) is 19.7 Å². The molecule has 0 amide bonds. The van der Waals surface area contributed by atoms with Crippen LogP contribution in [0.2, 0.25) is 0 Å². The highest BCUT2D eigenvalue weighted by atomic mass is 16.7. The molecule has 0 radical (unpaired) electrons. The molecule has 142 valence electrons. The van der Waals surface area contributed by atoms with Crippen molar-refractivity contribution in [2.45, 2.75) is 31.8 Å². The van der Waals surface area contributed by atoms with Crippen LogP contribution in [0.1, 0.15) is 37.5 Å². The van der Waals surface area contributed by atoms with Gasteiger partial charge in [-0.15, -0.1) is 0 Å². The minimum Gasteiger partial charge on any atom is -0.493 e. The van der Waals surface area contributed by atoms with Crippen molar-refractivity contribution in [2.24, 2.45) is 11.3 Å². The number of carbonyl (C=O) groups is 1. The first-order valence-electron chi connectivity index (χ1n) is 9.11. The van der Waals surface area contributed by atoms with E-state index in [1.807, 2.05) is 25.1 Å². The van der Waals surface area contributed by atoms with Crippen molar-refractivity contribution in [1.82, 2.24) is 0 Å². The molecule has 1 N–H and O–H groups in total. The highest BCUT2D eigenvalue weighted by Gasteiger charge is 2.72. The Bertz CT molecular complexity index is 944. The molecule has 3 aliphatic carbocycles. The fourth-order valence-corrected chi connectivity index (χ4v) is 5.71. The lowest BCUT2D eigenvalue weighted by Crippen LogP contribution is -2.49. The zero-order valence-electron chi connectivity index (χ0n) is 15.8. The van der Waals surface area contributed by atoms with Crippen LogP contribution >= 0.6 is 0 Å². The van der Waals surface area contributed by atoms with Crippen LogP contribution in [0.15, 0.2) is 35.3 Å². The van der Waals surface area contributed by atoms with Gasteiger partial charge >= 0.3 is 0 Å². The van der Waals surface area contributed by atoms with Gasteiger partial charge in [0, 0.05) is 5.41 Å². The molecule has 6 nitrogen and oxygen atoms in total. The van der Waals surface area contributed by atoms with Crippen LogP contribution in [0.4, 0.5) is 0 Å². The Labute approximate surface area is 157 Å². The summed E-state index contributed by atoms with van der Waals surface area (Å²) in [5.41, 5.74) is 0.777. The van der Waals surface area contributed by atoms with E-state index in [0.717, 1.165) is 16.7 Å². The molecule has 1 spiro atoms. The molecule has 1 aliphatic heterocycles. The van der Waals surface area contributed by atoms with E-state index in [4.69, 9.17) is 18.9 Å². The summed E-state index contributed by atoms with van der Waals surface area (Å²) >= 11 is 0. The van der Waals surface area contributed by atoms with Gasteiger partial charge in [-0.2, -0.15) is 0 Å². The molecule has 1 heterocycles. The lowest BCUT2D eigenvalue weighted by molar-refractivity contribution is -0.130. The highest BCUT2D eigenvalue weighted by Crippen LogP contribution is 2.72. The molecule has 0 bridgehead atoms. The number of methoxy groups -OCH3 is 2. The van der Waals surface area contributed by atoms with Gasteiger partial charge in [0.05, 0.1) is 25.7 Å². The third kappa shape index (κ3) is 1.60. The minimum absolute atomic E-state index is 0.0843. The quantitative estimate of drug-likeness (QED) is 0.863. The molecule has 1 saturated carbocycles. The second-order valence-electron chi connectivity index (χ2n) is 7.93. The number of carbonyl (C=O) groups excluding carboxylic acids is 1. The van der Waals surface area contributed by atoms with E-state index < -0.39 is 16.9 Å². The summed E-state index contributed by atoms with van der Waals surface area (Å²) in [6.45, 7) is 4.23. The second-order valence-corrected chi connectivity index (χ2v) is 7.93. The Hall–Kier alpha value is -2.47. The number of ketones is 1. The number of hydrogen-bond donors (Lipinski definition) is 1. The molecule has 6 heteroatoms. The SMILES string of the molecule is COC1=C(OC)C(=O)[C@]23C(=C1)C[C@@H](C)[C@@]2(C)[C@@H](O)c1cc2c(cc13)OCO2. The van der Waals surface area contributed by atoms with Gasteiger partial charge in [0.25, 0.3) is 0 Å². The van der Waals surface area contributed by atoms with Crippen molar-refractivity contribution in [2.75, 3.05) is 21.0 Å². The topological polar surface area (TPSA) is 74.2 Å². The van der Waals surface area contributed by atoms with Crippen molar-refractivity contribution in [1.29, 1.82) is 0 Å². The summed E-state index contributed by atoms with van der Waals surface area (Å²) in [5.74, 6) is 1.76. The number of aliphatic hydroxyl groups excluding tert-OH is 1. The number of benzene rings is 1. The van der Waals surface area contributed by atoms with Crippen LogP contribution in [0.3, 0.4) is 0 Å². The number of allylic oxidation sites excluding steroid dienone is 3. The van der Waals surface area contributed by atoms with Gasteiger partial charge in [-0.05, 0) is 47.2 Å². The van der Waals surface area contributed by atoms with E-state index >= 15 is 0 Å². The standard InChI is InChI=1S/C21H22O6/c1-10-5-11-6-16(24-3)17(25-4)19(23)21(11)13-8-15-14(26-9-27-15)7-12(13)18(22)20(10,21)2/h6-8,10,18,22H,5,9H2,1-4H3/t10-,18+,20+,21-/m1/s1. The smallest absolute Gasteiger partial charge is 0.231 e. The summed E-state index contributed by atoms with van der Waals surface area (Å²) < 4.78 is 22.0. The maximum atomic E-state index is 13.9. The van der Waals surface area contributed by atoms with Gasteiger partial charge in [0.1, 0.15) is 0 Å². The Balaban J connectivity index is 1.85. The van der Waals surface area contributed by atoms with E-state index in [9.17, 15) is 9.90 Å². The predicted molar refractivity (Wildman–Crippen MR) is 95.2 cm³/mol. The molecule has 0 unspecified atom stereocenters. The van der Waals surface area contributed by atoms with Crippen molar-refractivity contribution in [3.63, 3.8) is 0 Å². The molecule has 5 rings (SSSR count). The van der Waals surface area contributed by atoms with Crippen molar-refractivity contribution >= 4 is 5.78 Å². The molecule has 1 aromatic rings. The lowest BCUT2D eigenvalue weighted by atomic mass is 9.58. The third-order valence-corrected chi connectivity index (χ3v) is 7.15. The molecule has 1 fully saturated rings. The lowest BCUT2D eigenvalue weighted by Gasteiger charge is -2.43. The molecule has 0 aromatic heterocycles. The fourth-order valence-electron chi connectivity index (χ4n) is 5.71. The summed E-state index contributed by atoms with van der Waals surface area (Å²) in [6, 6.07) is 3.68. The molecule has 0 saturated heterocycles. The average molecular weight is 370 g/mol. The van der Waals surface area contributed by atoms with E-state index in [1.165, 1.54) is 14.2 Å². The number of aliphatic hydroxyl groups is 1. The second kappa shape index (κ2) is 5.07. The van der Waals surface area contributed by atoms with E-state index in [0.29, 0.717) is 23.7 Å². The summed E-state index contributed by atoms with van der Waals surface area (Å²) in [6.07, 6.45) is 1.82. The van der Waals surface area contributed by atoms with Crippen molar-refractivity contribution in [3.8, 4) is 11.5 Å². The molecular formula is C21H22O6. The molecule has 4 atom stereocenters. The number of hydrogen-bond acceptors (Lipinski definition) is 6.